The number of halogens is 1. The van der Waals surface area contributed by atoms with Crippen LogP contribution in [0.1, 0.15) is 11.1 Å². The van der Waals surface area contributed by atoms with Gasteiger partial charge in [0.1, 0.15) is 0 Å². The van der Waals surface area contributed by atoms with Crippen molar-refractivity contribution in [2.24, 2.45) is 0 Å². The highest BCUT2D eigenvalue weighted by Gasteiger charge is 2.06. The van der Waals surface area contributed by atoms with E-state index in [4.69, 9.17) is 0 Å². The summed E-state index contributed by atoms with van der Waals surface area (Å²) in [4.78, 5) is 11.9. The molecule has 4 heteroatoms. The molecule has 0 aromatic heterocycles. The molecule has 0 radical (unpaired) electrons. The first-order valence-corrected chi connectivity index (χ1v) is 7.21. The molecule has 20 heavy (non-hydrogen) atoms. The van der Waals surface area contributed by atoms with Gasteiger partial charge in [-0.3, -0.25) is 4.79 Å². The maximum absolute atomic E-state index is 11.9. The van der Waals surface area contributed by atoms with Crippen molar-refractivity contribution in [1.82, 2.24) is 0 Å². The maximum atomic E-state index is 11.9. The second-order valence-electron chi connectivity index (χ2n) is 4.65. The lowest BCUT2D eigenvalue weighted by Crippen LogP contribution is -2.22. The second kappa shape index (κ2) is 6.57. The van der Waals surface area contributed by atoms with Gasteiger partial charge in [0.05, 0.1) is 6.54 Å². The zero-order chi connectivity index (χ0) is 14.5. The predicted molar refractivity (Wildman–Crippen MR) is 87.2 cm³/mol. The van der Waals surface area contributed by atoms with Gasteiger partial charge < -0.3 is 10.6 Å². The number of para-hydroxylation sites is 1. The third-order valence-corrected chi connectivity index (χ3v) is 4.10. The SMILES string of the molecule is Cc1ccccc1NC(=O)CNc1cccc(C)c1Br. The number of aryl methyl sites for hydroxylation is 2. The van der Waals surface area contributed by atoms with Crippen LogP contribution in [0.15, 0.2) is 46.9 Å². The monoisotopic (exact) mass is 332 g/mol. The van der Waals surface area contributed by atoms with Crippen molar-refractivity contribution in [3.63, 3.8) is 0 Å². The van der Waals surface area contributed by atoms with Gasteiger partial charge in [0.15, 0.2) is 0 Å². The lowest BCUT2D eigenvalue weighted by molar-refractivity contribution is -0.114. The number of benzene rings is 2. The Morgan fingerprint density at radius 3 is 2.40 bits per heavy atom. The Bertz CT molecular complexity index is 626. The van der Waals surface area contributed by atoms with E-state index in [-0.39, 0.29) is 12.5 Å². The Morgan fingerprint density at radius 2 is 1.65 bits per heavy atom. The molecule has 104 valence electrons. The molecule has 2 aromatic rings. The summed E-state index contributed by atoms with van der Waals surface area (Å²) in [6, 6.07) is 13.7. The molecule has 0 spiro atoms. The zero-order valence-electron chi connectivity index (χ0n) is 11.5. The normalized spacial score (nSPS) is 10.2. The first-order chi connectivity index (χ1) is 9.58. The number of nitrogens with one attached hydrogen (secondary N) is 2. The fourth-order valence-electron chi connectivity index (χ4n) is 1.87. The van der Waals surface area contributed by atoms with Gasteiger partial charge in [-0.2, -0.15) is 0 Å². The van der Waals surface area contributed by atoms with E-state index in [9.17, 15) is 4.79 Å². The van der Waals surface area contributed by atoms with E-state index in [2.05, 4.69) is 26.6 Å². The standard InChI is InChI=1S/C16H17BrN2O/c1-11-6-3-4-8-13(11)19-15(20)10-18-14-9-5-7-12(2)16(14)17/h3-9,18H,10H2,1-2H3,(H,19,20). The van der Waals surface area contributed by atoms with E-state index < -0.39 is 0 Å². The van der Waals surface area contributed by atoms with E-state index >= 15 is 0 Å². The topological polar surface area (TPSA) is 41.1 Å². The third kappa shape index (κ3) is 3.61. The van der Waals surface area contributed by atoms with Crippen molar-refractivity contribution in [2.75, 3.05) is 17.2 Å². The van der Waals surface area contributed by atoms with Crippen molar-refractivity contribution in [3.8, 4) is 0 Å². The van der Waals surface area contributed by atoms with Crippen molar-refractivity contribution < 1.29 is 4.79 Å². The highest BCUT2D eigenvalue weighted by Crippen LogP contribution is 2.25. The van der Waals surface area contributed by atoms with Crippen LogP contribution in [0.5, 0.6) is 0 Å². The summed E-state index contributed by atoms with van der Waals surface area (Å²) >= 11 is 3.51. The van der Waals surface area contributed by atoms with Gasteiger partial charge in [-0.25, -0.2) is 0 Å². The molecule has 0 saturated carbocycles. The molecule has 3 nitrogen and oxygen atoms in total. The van der Waals surface area contributed by atoms with Gasteiger partial charge in [0.2, 0.25) is 5.91 Å². The number of rotatable bonds is 4. The van der Waals surface area contributed by atoms with Crippen LogP contribution >= 0.6 is 15.9 Å². The van der Waals surface area contributed by atoms with Gasteiger partial charge in [0, 0.05) is 15.8 Å². The van der Waals surface area contributed by atoms with Crippen molar-refractivity contribution in [3.05, 3.63) is 58.1 Å². The summed E-state index contributed by atoms with van der Waals surface area (Å²) in [5, 5.41) is 6.03. The lowest BCUT2D eigenvalue weighted by Gasteiger charge is -2.11. The summed E-state index contributed by atoms with van der Waals surface area (Å²) < 4.78 is 0.990. The van der Waals surface area contributed by atoms with Crippen LogP contribution in [0.4, 0.5) is 11.4 Å². The molecule has 0 aliphatic rings. The van der Waals surface area contributed by atoms with E-state index in [0.29, 0.717) is 0 Å². The Labute approximate surface area is 127 Å². The summed E-state index contributed by atoms with van der Waals surface area (Å²) in [5.41, 5.74) is 3.96. The largest absolute Gasteiger partial charge is 0.375 e. The average Bonchev–Trinajstić information content (AvgIpc) is 2.43. The molecule has 0 bridgehead atoms. The predicted octanol–water partition coefficient (Wildman–Crippen LogP) is 4.12. The number of carbonyl (C=O) groups is 1. The van der Waals surface area contributed by atoms with Gasteiger partial charge in [-0.05, 0) is 53.0 Å². The van der Waals surface area contributed by atoms with Crippen molar-refractivity contribution in [1.29, 1.82) is 0 Å². The fraction of sp³-hybridized carbons (Fsp3) is 0.188. The number of amides is 1. The molecule has 0 saturated heterocycles. The first kappa shape index (κ1) is 14.6. The number of anilines is 2. The van der Waals surface area contributed by atoms with Crippen LogP contribution in [0.3, 0.4) is 0 Å². The Hall–Kier alpha value is -1.81. The molecule has 2 rings (SSSR count). The minimum atomic E-state index is -0.0623. The van der Waals surface area contributed by atoms with Crippen molar-refractivity contribution >= 4 is 33.2 Å². The van der Waals surface area contributed by atoms with E-state index in [1.807, 2.05) is 56.3 Å². The molecule has 0 unspecified atom stereocenters. The summed E-state index contributed by atoms with van der Waals surface area (Å²) in [5.74, 6) is -0.0623. The van der Waals surface area contributed by atoms with E-state index in [1.54, 1.807) is 0 Å². The molecule has 0 aliphatic heterocycles. The minimum absolute atomic E-state index is 0.0623. The van der Waals surface area contributed by atoms with Crippen LogP contribution in [-0.2, 0) is 4.79 Å². The van der Waals surface area contributed by atoms with Crippen LogP contribution < -0.4 is 10.6 Å². The Balaban J connectivity index is 1.96. The minimum Gasteiger partial charge on any atom is -0.375 e. The first-order valence-electron chi connectivity index (χ1n) is 6.42. The molecule has 0 atom stereocenters. The highest BCUT2D eigenvalue weighted by molar-refractivity contribution is 9.10. The third-order valence-electron chi connectivity index (χ3n) is 3.05. The fourth-order valence-corrected chi connectivity index (χ4v) is 2.27. The van der Waals surface area contributed by atoms with Gasteiger partial charge in [0.25, 0.3) is 0 Å². The lowest BCUT2D eigenvalue weighted by atomic mass is 10.2. The Kier molecular flexibility index (Phi) is 4.79. The summed E-state index contributed by atoms with van der Waals surface area (Å²) in [6.07, 6.45) is 0. The van der Waals surface area contributed by atoms with Gasteiger partial charge in [-0.15, -0.1) is 0 Å². The molecule has 0 aliphatic carbocycles. The van der Waals surface area contributed by atoms with E-state index in [0.717, 1.165) is 27.0 Å². The van der Waals surface area contributed by atoms with Crippen LogP contribution in [0.2, 0.25) is 0 Å². The Morgan fingerprint density at radius 1 is 1.00 bits per heavy atom. The second-order valence-corrected chi connectivity index (χ2v) is 5.45. The zero-order valence-corrected chi connectivity index (χ0v) is 13.1. The quantitative estimate of drug-likeness (QED) is 0.884. The molecule has 0 fully saturated rings. The molecular formula is C16H17BrN2O. The molecular weight excluding hydrogens is 316 g/mol. The summed E-state index contributed by atoms with van der Waals surface area (Å²) in [7, 11) is 0. The van der Waals surface area contributed by atoms with Crippen molar-refractivity contribution in [2.45, 2.75) is 13.8 Å². The maximum Gasteiger partial charge on any atom is 0.243 e. The molecule has 0 heterocycles. The molecule has 2 N–H and O–H groups in total. The molecule has 1 amide bonds. The van der Waals surface area contributed by atoms with Crippen LogP contribution in [-0.4, -0.2) is 12.5 Å². The smallest absolute Gasteiger partial charge is 0.243 e. The van der Waals surface area contributed by atoms with Gasteiger partial charge >= 0.3 is 0 Å². The molecule has 2 aromatic carbocycles. The number of carbonyl (C=O) groups excluding carboxylic acids is 1. The highest BCUT2D eigenvalue weighted by atomic mass is 79.9. The van der Waals surface area contributed by atoms with Crippen LogP contribution in [0, 0.1) is 13.8 Å². The number of hydrogen-bond acceptors (Lipinski definition) is 2. The van der Waals surface area contributed by atoms with Gasteiger partial charge in [-0.1, -0.05) is 30.3 Å². The van der Waals surface area contributed by atoms with E-state index in [1.165, 1.54) is 0 Å². The number of hydrogen-bond donors (Lipinski definition) is 2. The summed E-state index contributed by atoms with van der Waals surface area (Å²) in [6.45, 7) is 4.22. The van der Waals surface area contributed by atoms with Crippen LogP contribution in [0.25, 0.3) is 0 Å². The average molecular weight is 333 g/mol.